The summed E-state index contributed by atoms with van der Waals surface area (Å²) in [5, 5.41) is 20.8. The number of hydrogen-bond donors (Lipinski definition) is 2. The molecule has 0 unspecified atom stereocenters. The number of allylic oxidation sites excluding steroid dienone is 1. The van der Waals surface area contributed by atoms with E-state index in [-0.39, 0.29) is 17.3 Å². The van der Waals surface area contributed by atoms with Gasteiger partial charge in [-0.3, -0.25) is 4.79 Å². The lowest BCUT2D eigenvalue weighted by molar-refractivity contribution is 0.104. The minimum Gasteiger partial charge on any atom is -0.504 e. The smallest absolute Gasteiger partial charge is 0.185 e. The van der Waals surface area contributed by atoms with Crippen LogP contribution >= 0.6 is 0 Å². The van der Waals surface area contributed by atoms with Crippen molar-refractivity contribution in [3.8, 4) is 11.5 Å². The third-order valence-corrected chi connectivity index (χ3v) is 3.46. The minimum absolute atomic E-state index is 0.113. The van der Waals surface area contributed by atoms with Gasteiger partial charge in [0.2, 0.25) is 0 Å². The normalized spacial score (nSPS) is 11.1. The molecule has 0 heterocycles. The van der Waals surface area contributed by atoms with Gasteiger partial charge in [-0.2, -0.15) is 0 Å². The standard InChI is InChI=1S/C19H14O3/c20-17(9-5-13-6-10-18(21)19(22)11-13)16-8-7-14-3-1-2-4-15(14)12-16/h1-12,21-22H/b9-5+. The first-order valence-corrected chi connectivity index (χ1v) is 6.87. The van der Waals surface area contributed by atoms with Gasteiger partial charge in [-0.05, 0) is 40.6 Å². The van der Waals surface area contributed by atoms with Crippen molar-refractivity contribution in [2.75, 3.05) is 0 Å². The maximum Gasteiger partial charge on any atom is 0.185 e. The number of fused-ring (bicyclic) bond motifs is 1. The van der Waals surface area contributed by atoms with Gasteiger partial charge in [-0.25, -0.2) is 0 Å². The van der Waals surface area contributed by atoms with Gasteiger partial charge in [0.25, 0.3) is 0 Å². The second-order valence-electron chi connectivity index (χ2n) is 5.01. The number of phenols is 2. The zero-order chi connectivity index (χ0) is 15.5. The van der Waals surface area contributed by atoms with Crippen LogP contribution in [0.5, 0.6) is 11.5 Å². The molecule has 108 valence electrons. The van der Waals surface area contributed by atoms with Crippen LogP contribution in [0.25, 0.3) is 16.8 Å². The molecule has 3 nitrogen and oxygen atoms in total. The van der Waals surface area contributed by atoms with Crippen LogP contribution in [-0.4, -0.2) is 16.0 Å². The number of rotatable bonds is 3. The zero-order valence-electron chi connectivity index (χ0n) is 11.7. The van der Waals surface area contributed by atoms with E-state index in [1.807, 2.05) is 36.4 Å². The topological polar surface area (TPSA) is 57.5 Å². The number of carbonyl (C=O) groups is 1. The highest BCUT2D eigenvalue weighted by molar-refractivity contribution is 6.08. The SMILES string of the molecule is O=C(/C=C/c1ccc(O)c(O)c1)c1ccc2ccccc2c1. The second-order valence-corrected chi connectivity index (χ2v) is 5.01. The summed E-state index contributed by atoms with van der Waals surface area (Å²) < 4.78 is 0. The van der Waals surface area contributed by atoms with Gasteiger partial charge in [0.1, 0.15) is 0 Å². The van der Waals surface area contributed by atoms with Gasteiger partial charge in [-0.15, -0.1) is 0 Å². The van der Waals surface area contributed by atoms with Crippen molar-refractivity contribution in [1.29, 1.82) is 0 Å². The Morgan fingerprint density at radius 3 is 2.36 bits per heavy atom. The van der Waals surface area contributed by atoms with E-state index < -0.39 is 0 Å². The molecule has 0 bridgehead atoms. The zero-order valence-corrected chi connectivity index (χ0v) is 11.7. The van der Waals surface area contributed by atoms with Crippen molar-refractivity contribution in [3.05, 3.63) is 77.9 Å². The predicted octanol–water partition coefficient (Wildman–Crippen LogP) is 4.15. The molecular weight excluding hydrogens is 276 g/mol. The Bertz CT molecular complexity index is 879. The predicted molar refractivity (Wildman–Crippen MR) is 87.1 cm³/mol. The Morgan fingerprint density at radius 1 is 0.818 bits per heavy atom. The molecule has 0 radical (unpaired) electrons. The quantitative estimate of drug-likeness (QED) is 0.433. The Labute approximate surface area is 127 Å². The van der Waals surface area contributed by atoms with E-state index in [1.54, 1.807) is 18.2 Å². The van der Waals surface area contributed by atoms with Crippen LogP contribution in [-0.2, 0) is 0 Å². The van der Waals surface area contributed by atoms with Crippen LogP contribution in [0, 0.1) is 0 Å². The average Bonchev–Trinajstić information content (AvgIpc) is 2.55. The molecule has 0 atom stereocenters. The van der Waals surface area contributed by atoms with E-state index in [0.717, 1.165) is 10.8 Å². The summed E-state index contributed by atoms with van der Waals surface area (Å²) in [6, 6.07) is 17.8. The van der Waals surface area contributed by atoms with Crippen molar-refractivity contribution in [1.82, 2.24) is 0 Å². The van der Waals surface area contributed by atoms with E-state index >= 15 is 0 Å². The highest BCUT2D eigenvalue weighted by atomic mass is 16.3. The molecule has 0 aromatic heterocycles. The van der Waals surface area contributed by atoms with Crippen LogP contribution in [0.3, 0.4) is 0 Å². The Balaban J connectivity index is 1.85. The Kier molecular flexibility index (Phi) is 3.62. The minimum atomic E-state index is -0.208. The number of hydrogen-bond acceptors (Lipinski definition) is 3. The van der Waals surface area contributed by atoms with Gasteiger partial charge in [0.15, 0.2) is 17.3 Å². The molecule has 3 heteroatoms. The largest absolute Gasteiger partial charge is 0.504 e. The molecule has 3 aromatic rings. The van der Waals surface area contributed by atoms with Gasteiger partial charge >= 0.3 is 0 Å². The molecule has 0 saturated heterocycles. The van der Waals surface area contributed by atoms with Crippen LogP contribution in [0.15, 0.2) is 66.7 Å². The van der Waals surface area contributed by atoms with Crippen molar-refractivity contribution in [2.24, 2.45) is 0 Å². The van der Waals surface area contributed by atoms with Crippen molar-refractivity contribution in [2.45, 2.75) is 0 Å². The molecule has 22 heavy (non-hydrogen) atoms. The maximum atomic E-state index is 12.2. The number of ketones is 1. The van der Waals surface area contributed by atoms with E-state index in [4.69, 9.17) is 0 Å². The van der Waals surface area contributed by atoms with Crippen molar-refractivity contribution in [3.63, 3.8) is 0 Å². The average molecular weight is 290 g/mol. The first-order chi connectivity index (χ1) is 10.6. The lowest BCUT2D eigenvalue weighted by Gasteiger charge is -2.01. The summed E-state index contributed by atoms with van der Waals surface area (Å²) in [7, 11) is 0. The number of benzene rings is 3. The second kappa shape index (κ2) is 5.74. The molecule has 2 N–H and O–H groups in total. The summed E-state index contributed by atoms with van der Waals surface area (Å²) in [5.41, 5.74) is 1.25. The summed E-state index contributed by atoms with van der Waals surface area (Å²) >= 11 is 0. The van der Waals surface area contributed by atoms with E-state index in [0.29, 0.717) is 11.1 Å². The fourth-order valence-electron chi connectivity index (χ4n) is 2.25. The first-order valence-electron chi connectivity index (χ1n) is 6.87. The summed E-state index contributed by atoms with van der Waals surface area (Å²) in [6.45, 7) is 0. The number of aromatic hydroxyl groups is 2. The molecule has 0 fully saturated rings. The van der Waals surface area contributed by atoms with Crippen LogP contribution in [0.1, 0.15) is 15.9 Å². The maximum absolute atomic E-state index is 12.2. The first kappa shape index (κ1) is 13.9. The van der Waals surface area contributed by atoms with Gasteiger partial charge in [0, 0.05) is 5.56 Å². The van der Waals surface area contributed by atoms with Gasteiger partial charge in [-0.1, -0.05) is 48.5 Å². The van der Waals surface area contributed by atoms with Crippen LogP contribution in [0.4, 0.5) is 0 Å². The molecule has 3 aromatic carbocycles. The third kappa shape index (κ3) is 2.83. The molecule has 0 amide bonds. The van der Waals surface area contributed by atoms with Crippen molar-refractivity contribution >= 4 is 22.6 Å². The Morgan fingerprint density at radius 2 is 1.59 bits per heavy atom. The number of phenolic OH excluding ortho intramolecular Hbond substituents is 2. The van der Waals surface area contributed by atoms with E-state index in [9.17, 15) is 15.0 Å². The molecule has 0 aliphatic carbocycles. The lowest BCUT2D eigenvalue weighted by Crippen LogP contribution is -1.93. The third-order valence-electron chi connectivity index (χ3n) is 3.46. The fraction of sp³-hybridized carbons (Fsp3) is 0. The van der Waals surface area contributed by atoms with Crippen molar-refractivity contribution < 1.29 is 15.0 Å². The monoisotopic (exact) mass is 290 g/mol. The molecule has 0 aliphatic heterocycles. The summed E-state index contributed by atoms with van der Waals surface area (Å²) in [6.07, 6.45) is 3.06. The Hall–Kier alpha value is -3.07. The highest BCUT2D eigenvalue weighted by Gasteiger charge is 2.03. The van der Waals surface area contributed by atoms with E-state index in [2.05, 4.69) is 0 Å². The fourth-order valence-corrected chi connectivity index (χ4v) is 2.25. The molecule has 0 aliphatic rings. The molecule has 3 rings (SSSR count). The summed E-state index contributed by atoms with van der Waals surface area (Å²) in [5.74, 6) is -0.503. The van der Waals surface area contributed by atoms with Crippen LogP contribution < -0.4 is 0 Å². The van der Waals surface area contributed by atoms with Gasteiger partial charge in [0.05, 0.1) is 0 Å². The number of carbonyl (C=O) groups excluding carboxylic acids is 1. The lowest BCUT2D eigenvalue weighted by atomic mass is 10.0. The molecule has 0 spiro atoms. The molecule has 0 saturated carbocycles. The van der Waals surface area contributed by atoms with E-state index in [1.165, 1.54) is 18.2 Å². The van der Waals surface area contributed by atoms with Gasteiger partial charge < -0.3 is 10.2 Å². The summed E-state index contributed by atoms with van der Waals surface area (Å²) in [4.78, 5) is 12.2. The molecular formula is C19H14O3. The highest BCUT2D eigenvalue weighted by Crippen LogP contribution is 2.25. The van der Waals surface area contributed by atoms with Crippen LogP contribution in [0.2, 0.25) is 0 Å².